The molecule has 0 spiro atoms. The van der Waals surface area contributed by atoms with Gasteiger partial charge >= 0.3 is 0 Å². The van der Waals surface area contributed by atoms with Crippen LogP contribution in [0.15, 0.2) is 66.7 Å². The molecule has 1 aromatic heterocycles. The number of fused-ring (bicyclic) bond motifs is 2. The van der Waals surface area contributed by atoms with E-state index in [0.29, 0.717) is 23.3 Å². The van der Waals surface area contributed by atoms with Crippen LogP contribution in [-0.2, 0) is 25.8 Å². The minimum atomic E-state index is -0.450. The Morgan fingerprint density at radius 2 is 1.70 bits per heavy atom. The smallest absolute Gasteiger partial charge is 0.167 e. The molecule has 1 fully saturated rings. The molecule has 3 aromatic carbocycles. The molecule has 2 aliphatic rings. The molecule has 0 bridgehead atoms. The van der Waals surface area contributed by atoms with Crippen molar-refractivity contribution in [3.63, 3.8) is 0 Å². The highest BCUT2D eigenvalue weighted by atomic mass is 19.1. The highest BCUT2D eigenvalue weighted by Gasteiger charge is 2.18. The molecule has 0 saturated carbocycles. The van der Waals surface area contributed by atoms with E-state index in [9.17, 15) is 14.0 Å². The van der Waals surface area contributed by atoms with Crippen LogP contribution in [0.2, 0.25) is 0 Å². The number of Topliss-reactive ketones (excluding diaryl/α,β-unsaturated/α-hetero) is 2. The van der Waals surface area contributed by atoms with Crippen LogP contribution < -0.4 is 4.74 Å². The maximum Gasteiger partial charge on any atom is 0.167 e. The van der Waals surface area contributed by atoms with Crippen molar-refractivity contribution in [1.82, 2.24) is 9.88 Å². The van der Waals surface area contributed by atoms with Crippen LogP contribution in [0.25, 0.3) is 10.9 Å². The molecule has 5 nitrogen and oxygen atoms in total. The number of ketones is 2. The van der Waals surface area contributed by atoms with Crippen molar-refractivity contribution in [3.8, 4) is 5.75 Å². The van der Waals surface area contributed by atoms with Gasteiger partial charge in [0.05, 0.1) is 17.8 Å². The van der Waals surface area contributed by atoms with Crippen LogP contribution in [0.3, 0.4) is 0 Å². The number of benzene rings is 3. The lowest BCUT2D eigenvalue weighted by Gasteiger charge is -2.30. The topological polar surface area (TPSA) is 59.5 Å². The van der Waals surface area contributed by atoms with Gasteiger partial charge in [-0.3, -0.25) is 19.5 Å². The monoisotopic (exact) mass is 494 g/mol. The first-order chi connectivity index (χ1) is 18.0. The molecule has 0 amide bonds. The Morgan fingerprint density at radius 3 is 2.54 bits per heavy atom. The van der Waals surface area contributed by atoms with Crippen molar-refractivity contribution >= 4 is 22.5 Å². The van der Waals surface area contributed by atoms with E-state index in [1.54, 1.807) is 24.3 Å². The zero-order valence-electron chi connectivity index (χ0n) is 20.5. The van der Waals surface area contributed by atoms with E-state index < -0.39 is 5.82 Å². The molecule has 6 rings (SSSR count). The number of carbonyl (C=O) groups excluding carboxylic acids is 2. The summed E-state index contributed by atoms with van der Waals surface area (Å²) in [5, 5.41) is 0.886. The van der Waals surface area contributed by atoms with Crippen molar-refractivity contribution in [2.75, 3.05) is 19.7 Å². The fourth-order valence-electron chi connectivity index (χ4n) is 4.97. The van der Waals surface area contributed by atoms with Gasteiger partial charge in [-0.2, -0.15) is 0 Å². The zero-order valence-corrected chi connectivity index (χ0v) is 20.5. The van der Waals surface area contributed by atoms with Gasteiger partial charge < -0.3 is 4.74 Å². The van der Waals surface area contributed by atoms with Gasteiger partial charge in [0.15, 0.2) is 11.6 Å². The highest BCUT2D eigenvalue weighted by molar-refractivity contribution is 6.01. The maximum atomic E-state index is 14.6. The van der Waals surface area contributed by atoms with Crippen molar-refractivity contribution in [2.24, 2.45) is 0 Å². The van der Waals surface area contributed by atoms with Gasteiger partial charge in [-0.15, -0.1) is 0 Å². The second kappa shape index (κ2) is 9.87. The van der Waals surface area contributed by atoms with Gasteiger partial charge in [0.1, 0.15) is 11.6 Å². The summed E-state index contributed by atoms with van der Waals surface area (Å²) in [6.45, 7) is 3.70. The Labute approximate surface area is 214 Å². The first-order valence-corrected chi connectivity index (χ1v) is 12.7. The Balaban J connectivity index is 1.16. The molecule has 0 unspecified atom stereocenters. The number of aromatic nitrogens is 1. The fraction of sp³-hybridized carbons (Fsp3) is 0.258. The van der Waals surface area contributed by atoms with Crippen LogP contribution in [0, 0.1) is 5.82 Å². The van der Waals surface area contributed by atoms with Gasteiger partial charge in [-0.05, 0) is 72.6 Å². The minimum Gasteiger partial charge on any atom is -0.493 e. The van der Waals surface area contributed by atoms with E-state index in [1.165, 1.54) is 12.5 Å². The summed E-state index contributed by atoms with van der Waals surface area (Å²) in [5.41, 5.74) is 5.02. The summed E-state index contributed by atoms with van der Waals surface area (Å²) < 4.78 is 20.2. The van der Waals surface area contributed by atoms with Gasteiger partial charge in [0, 0.05) is 42.3 Å². The summed E-state index contributed by atoms with van der Waals surface area (Å²) in [4.78, 5) is 33.0. The van der Waals surface area contributed by atoms with E-state index in [4.69, 9.17) is 9.72 Å². The predicted molar refractivity (Wildman–Crippen MR) is 140 cm³/mol. The molecule has 0 atom stereocenters. The van der Waals surface area contributed by atoms with Crippen LogP contribution in [0.1, 0.15) is 49.5 Å². The summed E-state index contributed by atoms with van der Waals surface area (Å²) >= 11 is 0. The zero-order chi connectivity index (χ0) is 25.4. The molecular weight excluding hydrogens is 467 g/mol. The number of hydrogen-bond acceptors (Lipinski definition) is 5. The molecule has 37 heavy (non-hydrogen) atoms. The van der Waals surface area contributed by atoms with Crippen LogP contribution >= 0.6 is 0 Å². The predicted octanol–water partition coefficient (Wildman–Crippen LogP) is 5.37. The van der Waals surface area contributed by atoms with Crippen molar-refractivity contribution in [1.29, 1.82) is 0 Å². The SMILES string of the molecule is O=C(Cc1ccc(F)c(CC(=O)c2ccc3nc(CN4CCC4)ccc3c2)c1)c1ccc2c(c1)OCC2. The standard InChI is InChI=1S/C31H27FN2O3/c32-27-8-2-20(15-29(35)24-4-3-21-10-13-37-31(21)18-24)14-25(27)17-30(36)23-6-9-28-22(16-23)5-7-26(33-28)19-34-11-1-12-34/h2-9,14,16,18H,1,10-13,15,17,19H2. The molecule has 2 aliphatic heterocycles. The molecule has 3 heterocycles. The first kappa shape index (κ1) is 23.5. The minimum absolute atomic E-state index is 0.0716. The third-order valence-electron chi connectivity index (χ3n) is 7.25. The molecule has 186 valence electrons. The van der Waals surface area contributed by atoms with Gasteiger partial charge in [0.25, 0.3) is 0 Å². The van der Waals surface area contributed by atoms with E-state index in [2.05, 4.69) is 4.90 Å². The van der Waals surface area contributed by atoms with Crippen molar-refractivity contribution in [3.05, 3.63) is 106 Å². The summed E-state index contributed by atoms with van der Waals surface area (Å²) in [6, 6.07) is 19.5. The third kappa shape index (κ3) is 5.02. The number of pyridine rings is 1. The van der Waals surface area contributed by atoms with Gasteiger partial charge in [-0.25, -0.2) is 4.39 Å². The molecule has 4 aromatic rings. The number of ether oxygens (including phenoxy) is 1. The maximum absolute atomic E-state index is 14.6. The van der Waals surface area contributed by atoms with E-state index in [-0.39, 0.29) is 30.0 Å². The van der Waals surface area contributed by atoms with Crippen LogP contribution in [0.5, 0.6) is 5.75 Å². The number of carbonyl (C=O) groups is 2. The molecule has 0 radical (unpaired) electrons. The van der Waals surface area contributed by atoms with Gasteiger partial charge in [-0.1, -0.05) is 30.3 Å². The summed E-state index contributed by atoms with van der Waals surface area (Å²) in [7, 11) is 0. The van der Waals surface area contributed by atoms with Crippen LogP contribution in [0.4, 0.5) is 4.39 Å². The van der Waals surface area contributed by atoms with Gasteiger partial charge in [0.2, 0.25) is 0 Å². The number of nitrogens with zero attached hydrogens (tertiary/aromatic N) is 2. The normalized spacial score (nSPS) is 14.7. The lowest BCUT2D eigenvalue weighted by molar-refractivity contribution is 0.0986. The Morgan fingerprint density at radius 1 is 0.892 bits per heavy atom. The fourth-order valence-corrected chi connectivity index (χ4v) is 4.97. The number of rotatable bonds is 8. The largest absolute Gasteiger partial charge is 0.493 e. The average molecular weight is 495 g/mol. The number of hydrogen-bond donors (Lipinski definition) is 0. The Hall–Kier alpha value is -3.90. The third-order valence-corrected chi connectivity index (χ3v) is 7.25. The second-order valence-electron chi connectivity index (χ2n) is 9.89. The Bertz CT molecular complexity index is 1530. The highest BCUT2D eigenvalue weighted by Crippen LogP contribution is 2.27. The number of halogens is 1. The summed E-state index contributed by atoms with van der Waals surface area (Å²) in [6.07, 6.45) is 2.14. The molecule has 0 N–H and O–H groups in total. The molecular formula is C31H27FN2O3. The average Bonchev–Trinajstić information content (AvgIpc) is 3.36. The number of likely N-dealkylation sites (tertiary alicyclic amines) is 1. The van der Waals surface area contributed by atoms with E-state index in [1.807, 2.05) is 36.4 Å². The molecule has 6 heteroatoms. The second-order valence-corrected chi connectivity index (χ2v) is 9.89. The lowest BCUT2D eigenvalue weighted by atomic mass is 9.96. The van der Waals surface area contributed by atoms with Crippen molar-refractivity contribution < 1.29 is 18.7 Å². The summed E-state index contributed by atoms with van der Waals surface area (Å²) in [5.74, 6) is 0.0603. The Kier molecular flexibility index (Phi) is 6.26. The van der Waals surface area contributed by atoms with Crippen molar-refractivity contribution in [2.45, 2.75) is 32.2 Å². The molecule has 0 aliphatic carbocycles. The van der Waals surface area contributed by atoms with Crippen LogP contribution in [-0.4, -0.2) is 41.1 Å². The lowest BCUT2D eigenvalue weighted by Crippen LogP contribution is -2.36. The first-order valence-electron chi connectivity index (χ1n) is 12.7. The van der Waals surface area contributed by atoms with E-state index >= 15 is 0 Å². The molecule has 1 saturated heterocycles. The van der Waals surface area contributed by atoms with E-state index in [0.717, 1.165) is 54.0 Å². The quantitative estimate of drug-likeness (QED) is 0.309.